The fourth-order valence-corrected chi connectivity index (χ4v) is 2.72. The van der Waals surface area contributed by atoms with Gasteiger partial charge in [-0.05, 0) is 17.7 Å². The van der Waals surface area contributed by atoms with Crippen molar-refractivity contribution in [2.24, 2.45) is 5.14 Å². The molecule has 2 aromatic rings. The molecule has 0 radical (unpaired) electrons. The second-order valence-corrected chi connectivity index (χ2v) is 6.03. The van der Waals surface area contributed by atoms with Crippen LogP contribution in [0.2, 0.25) is 0 Å². The molecule has 0 saturated heterocycles. The van der Waals surface area contributed by atoms with Crippen molar-refractivity contribution in [2.45, 2.75) is 12.5 Å². The number of carbonyl (C=O) groups excluding carboxylic acids is 1. The predicted octanol–water partition coefficient (Wildman–Crippen LogP) is 1.98. The highest BCUT2D eigenvalue weighted by atomic mass is 32.2. The van der Waals surface area contributed by atoms with Crippen LogP contribution in [0.15, 0.2) is 48.5 Å². The monoisotopic (exact) mass is 319 g/mol. The molecule has 114 valence electrons. The van der Waals surface area contributed by atoms with Gasteiger partial charge in [0.15, 0.2) is 5.78 Å². The molecule has 6 nitrogen and oxygen atoms in total. The molecule has 0 bridgehead atoms. The maximum Gasteiger partial charge on any atom is 0.380 e. The fraction of sp³-hybridized carbons (Fsp3) is 0.133. The van der Waals surface area contributed by atoms with Gasteiger partial charge < -0.3 is 8.92 Å². The van der Waals surface area contributed by atoms with Crippen LogP contribution < -0.4 is 14.1 Å². The first-order valence-corrected chi connectivity index (χ1v) is 8.00. The van der Waals surface area contributed by atoms with E-state index in [0.717, 1.165) is 5.56 Å². The van der Waals surface area contributed by atoms with E-state index < -0.39 is 16.4 Å². The molecule has 2 aromatic carbocycles. The lowest BCUT2D eigenvalue weighted by Gasteiger charge is -2.25. The third-order valence-electron chi connectivity index (χ3n) is 3.28. The molecule has 0 fully saturated rings. The molecule has 1 atom stereocenters. The number of rotatable bonds is 3. The van der Waals surface area contributed by atoms with Gasteiger partial charge in [0.1, 0.15) is 17.6 Å². The Hall–Kier alpha value is -2.38. The summed E-state index contributed by atoms with van der Waals surface area (Å²) >= 11 is 0. The van der Waals surface area contributed by atoms with E-state index in [4.69, 9.17) is 9.88 Å². The number of carbonyl (C=O) groups is 1. The van der Waals surface area contributed by atoms with Crippen LogP contribution in [-0.4, -0.2) is 14.2 Å². The molecule has 7 heteroatoms. The molecular formula is C15H13NO5S. The summed E-state index contributed by atoms with van der Waals surface area (Å²) in [4.78, 5) is 12.2. The second-order valence-electron chi connectivity index (χ2n) is 4.88. The molecular weight excluding hydrogens is 306 g/mol. The molecule has 0 saturated carbocycles. The lowest BCUT2D eigenvalue weighted by atomic mass is 9.96. The zero-order valence-corrected chi connectivity index (χ0v) is 12.2. The van der Waals surface area contributed by atoms with Crippen molar-refractivity contribution in [1.29, 1.82) is 0 Å². The molecule has 0 aromatic heterocycles. The Bertz CT molecular complexity index is 817. The maximum absolute atomic E-state index is 12.2. The standard InChI is InChI=1S/C15H13NO5S/c16-22(18,19)21-11-6-7-12-13(17)9-14(20-15(12)8-11)10-4-2-1-3-5-10/h1-8,14H,9H2,(H2,16,18,19)/t14-/m1/s1. The van der Waals surface area contributed by atoms with Crippen LogP contribution in [0.25, 0.3) is 0 Å². The number of Topliss-reactive ketones (excluding diaryl/α,β-unsaturated/α-hetero) is 1. The largest absolute Gasteiger partial charge is 0.484 e. The number of hydrogen-bond acceptors (Lipinski definition) is 5. The van der Waals surface area contributed by atoms with Crippen LogP contribution in [0.3, 0.4) is 0 Å². The zero-order valence-electron chi connectivity index (χ0n) is 11.4. The summed E-state index contributed by atoms with van der Waals surface area (Å²) in [6.45, 7) is 0. The van der Waals surface area contributed by atoms with E-state index in [0.29, 0.717) is 5.56 Å². The van der Waals surface area contributed by atoms with Gasteiger partial charge in [-0.3, -0.25) is 4.79 Å². The molecule has 0 unspecified atom stereocenters. The Morgan fingerprint density at radius 1 is 1.14 bits per heavy atom. The molecule has 22 heavy (non-hydrogen) atoms. The number of ether oxygens (including phenoxy) is 1. The van der Waals surface area contributed by atoms with E-state index in [9.17, 15) is 13.2 Å². The van der Waals surface area contributed by atoms with Crippen LogP contribution in [-0.2, 0) is 10.3 Å². The van der Waals surface area contributed by atoms with Crippen LogP contribution in [0.1, 0.15) is 28.4 Å². The second kappa shape index (κ2) is 5.43. The fourth-order valence-electron chi connectivity index (χ4n) is 2.34. The van der Waals surface area contributed by atoms with Crippen molar-refractivity contribution in [3.05, 3.63) is 59.7 Å². The first-order chi connectivity index (χ1) is 10.4. The van der Waals surface area contributed by atoms with Crippen LogP contribution in [0.4, 0.5) is 0 Å². The molecule has 0 amide bonds. The maximum atomic E-state index is 12.2. The minimum Gasteiger partial charge on any atom is -0.484 e. The summed E-state index contributed by atoms with van der Waals surface area (Å²) in [7, 11) is -4.12. The predicted molar refractivity (Wildman–Crippen MR) is 78.9 cm³/mol. The average Bonchev–Trinajstić information content (AvgIpc) is 2.46. The number of nitrogens with two attached hydrogens (primary N) is 1. The topological polar surface area (TPSA) is 95.7 Å². The van der Waals surface area contributed by atoms with Gasteiger partial charge in [0, 0.05) is 6.07 Å². The van der Waals surface area contributed by atoms with Gasteiger partial charge in [0.05, 0.1) is 12.0 Å². The minimum atomic E-state index is -4.12. The van der Waals surface area contributed by atoms with E-state index in [1.165, 1.54) is 18.2 Å². The molecule has 1 heterocycles. The van der Waals surface area contributed by atoms with Crippen molar-refractivity contribution in [3.63, 3.8) is 0 Å². The van der Waals surface area contributed by atoms with Gasteiger partial charge in [-0.15, -0.1) is 0 Å². The Balaban J connectivity index is 1.94. The summed E-state index contributed by atoms with van der Waals surface area (Å²) in [5.41, 5.74) is 1.27. The SMILES string of the molecule is NS(=O)(=O)Oc1ccc2c(c1)O[C@@H](c1ccccc1)CC2=O. The van der Waals surface area contributed by atoms with Gasteiger partial charge in [-0.2, -0.15) is 13.6 Å². The van der Waals surface area contributed by atoms with E-state index >= 15 is 0 Å². The number of ketones is 1. The smallest absolute Gasteiger partial charge is 0.380 e. The Morgan fingerprint density at radius 3 is 2.55 bits per heavy atom. The summed E-state index contributed by atoms with van der Waals surface area (Å²) in [5, 5.41) is 4.83. The first-order valence-electron chi connectivity index (χ1n) is 6.53. The summed E-state index contributed by atoms with van der Waals surface area (Å²) in [5.74, 6) is 0.214. The van der Waals surface area contributed by atoms with Crippen molar-refractivity contribution < 1.29 is 22.1 Å². The zero-order chi connectivity index (χ0) is 15.7. The van der Waals surface area contributed by atoms with Gasteiger partial charge in [-0.1, -0.05) is 30.3 Å². The van der Waals surface area contributed by atoms with Crippen molar-refractivity contribution >= 4 is 16.1 Å². The Labute approximate surface area is 127 Å². The third kappa shape index (κ3) is 3.10. The van der Waals surface area contributed by atoms with Gasteiger partial charge in [0.2, 0.25) is 0 Å². The van der Waals surface area contributed by atoms with Gasteiger partial charge >= 0.3 is 10.3 Å². The summed E-state index contributed by atoms with van der Waals surface area (Å²) < 4.78 is 32.3. The highest BCUT2D eigenvalue weighted by Gasteiger charge is 2.28. The van der Waals surface area contributed by atoms with Crippen molar-refractivity contribution in [2.75, 3.05) is 0 Å². The van der Waals surface area contributed by atoms with Crippen LogP contribution in [0, 0.1) is 0 Å². The third-order valence-corrected chi connectivity index (χ3v) is 3.70. The number of benzene rings is 2. The van der Waals surface area contributed by atoms with Crippen molar-refractivity contribution in [3.8, 4) is 11.5 Å². The summed E-state index contributed by atoms with van der Waals surface area (Å²) in [6, 6.07) is 13.5. The average molecular weight is 319 g/mol. The number of hydrogen-bond donors (Lipinski definition) is 1. The molecule has 3 rings (SSSR count). The van der Waals surface area contributed by atoms with Gasteiger partial charge in [0.25, 0.3) is 0 Å². The van der Waals surface area contributed by atoms with E-state index in [2.05, 4.69) is 4.18 Å². The Morgan fingerprint density at radius 2 is 1.86 bits per heavy atom. The van der Waals surface area contributed by atoms with Crippen LogP contribution >= 0.6 is 0 Å². The Kier molecular flexibility index (Phi) is 3.59. The van der Waals surface area contributed by atoms with E-state index in [1.807, 2.05) is 30.3 Å². The first kappa shape index (κ1) is 14.6. The van der Waals surface area contributed by atoms with E-state index in [-0.39, 0.29) is 23.7 Å². The molecule has 2 N–H and O–H groups in total. The molecule has 0 aliphatic carbocycles. The van der Waals surface area contributed by atoms with Crippen LogP contribution in [0.5, 0.6) is 11.5 Å². The normalized spacial score (nSPS) is 17.5. The lowest BCUT2D eigenvalue weighted by molar-refractivity contribution is 0.0850. The van der Waals surface area contributed by atoms with Crippen molar-refractivity contribution in [1.82, 2.24) is 0 Å². The highest BCUT2D eigenvalue weighted by molar-refractivity contribution is 7.84. The molecule has 0 spiro atoms. The summed E-state index contributed by atoms with van der Waals surface area (Å²) in [6.07, 6.45) is -0.183. The lowest BCUT2D eigenvalue weighted by Crippen LogP contribution is -2.21. The quantitative estimate of drug-likeness (QED) is 0.933. The highest BCUT2D eigenvalue weighted by Crippen LogP contribution is 2.37. The molecule has 1 aliphatic heterocycles. The minimum absolute atomic E-state index is 0.00256. The number of fused-ring (bicyclic) bond motifs is 1. The van der Waals surface area contributed by atoms with Gasteiger partial charge in [-0.25, -0.2) is 0 Å². The van der Waals surface area contributed by atoms with E-state index in [1.54, 1.807) is 0 Å². The molecule has 1 aliphatic rings.